The van der Waals surface area contributed by atoms with Gasteiger partial charge in [-0.05, 0) is 5.92 Å². The molecule has 1 aromatic heterocycles. The van der Waals surface area contributed by atoms with E-state index in [1.807, 2.05) is 0 Å². The first kappa shape index (κ1) is 25.6. The standard InChI is InChI=1S/C18H29N7O6/c1-3-9(2)15(18(30)31)25-17(29)12(5-13(20)26)24-16(28)11(23-14(27)6-19)4-10-7-21-8-22-10/h7-9,11-12,15H,3-6,19H2,1-2H3,(H2,20,26)(H,21,22)(H,23,27)(H,24,28)(H,25,29)(H,30,31). The van der Waals surface area contributed by atoms with Crippen molar-refractivity contribution in [2.75, 3.05) is 6.54 Å². The summed E-state index contributed by atoms with van der Waals surface area (Å²) in [6.07, 6.45) is 2.76. The molecule has 4 atom stereocenters. The molecule has 1 rings (SSSR count). The maximum atomic E-state index is 12.8. The van der Waals surface area contributed by atoms with E-state index in [1.165, 1.54) is 12.5 Å². The van der Waals surface area contributed by atoms with Gasteiger partial charge in [0.1, 0.15) is 18.1 Å². The largest absolute Gasteiger partial charge is 0.480 e. The molecule has 9 N–H and O–H groups in total. The van der Waals surface area contributed by atoms with Crippen LogP contribution in [-0.4, -0.2) is 69.3 Å². The number of amides is 4. The molecule has 0 aliphatic rings. The van der Waals surface area contributed by atoms with E-state index in [0.29, 0.717) is 12.1 Å². The number of H-pyrrole nitrogens is 1. The summed E-state index contributed by atoms with van der Waals surface area (Å²) < 4.78 is 0. The number of nitrogens with zero attached hydrogens (tertiary/aromatic N) is 1. The molecule has 1 heterocycles. The molecule has 0 aliphatic carbocycles. The van der Waals surface area contributed by atoms with E-state index in [0.717, 1.165) is 0 Å². The zero-order valence-electron chi connectivity index (χ0n) is 17.4. The second-order valence-corrected chi connectivity index (χ2v) is 7.05. The van der Waals surface area contributed by atoms with Crippen molar-refractivity contribution in [1.82, 2.24) is 25.9 Å². The van der Waals surface area contributed by atoms with E-state index in [9.17, 15) is 29.1 Å². The highest BCUT2D eigenvalue weighted by Gasteiger charge is 2.32. The number of aliphatic carboxylic acids is 1. The maximum Gasteiger partial charge on any atom is 0.326 e. The van der Waals surface area contributed by atoms with Crippen LogP contribution in [0.1, 0.15) is 32.4 Å². The van der Waals surface area contributed by atoms with E-state index in [-0.39, 0.29) is 13.0 Å². The first-order chi connectivity index (χ1) is 14.6. The van der Waals surface area contributed by atoms with Gasteiger partial charge < -0.3 is 37.5 Å². The minimum atomic E-state index is -1.44. The first-order valence-corrected chi connectivity index (χ1v) is 9.67. The molecule has 0 saturated carbocycles. The SMILES string of the molecule is CCC(C)C(NC(=O)C(CC(N)=O)NC(=O)C(Cc1cnc[nH]1)NC(=O)CN)C(=O)O. The normalized spacial score (nSPS) is 14.5. The summed E-state index contributed by atoms with van der Waals surface area (Å²) in [5.41, 5.74) is 11.0. The maximum absolute atomic E-state index is 12.8. The van der Waals surface area contributed by atoms with Crippen molar-refractivity contribution in [2.45, 2.75) is 51.2 Å². The van der Waals surface area contributed by atoms with Gasteiger partial charge in [0.2, 0.25) is 23.6 Å². The van der Waals surface area contributed by atoms with Crippen LogP contribution < -0.4 is 27.4 Å². The van der Waals surface area contributed by atoms with Crippen molar-refractivity contribution in [3.8, 4) is 0 Å². The zero-order chi connectivity index (χ0) is 23.6. The van der Waals surface area contributed by atoms with E-state index in [2.05, 4.69) is 25.9 Å². The molecule has 0 aliphatic heterocycles. The molecule has 4 unspecified atom stereocenters. The van der Waals surface area contributed by atoms with Crippen molar-refractivity contribution >= 4 is 29.6 Å². The number of hydrogen-bond acceptors (Lipinski definition) is 7. The van der Waals surface area contributed by atoms with Crippen LogP contribution in [-0.2, 0) is 30.4 Å². The van der Waals surface area contributed by atoms with E-state index in [4.69, 9.17) is 11.5 Å². The van der Waals surface area contributed by atoms with Crippen molar-refractivity contribution in [3.63, 3.8) is 0 Å². The number of imidazole rings is 1. The molecular formula is C18H29N7O6. The van der Waals surface area contributed by atoms with Crippen LogP contribution in [0.3, 0.4) is 0 Å². The predicted molar refractivity (Wildman–Crippen MR) is 108 cm³/mol. The number of carbonyl (C=O) groups is 5. The Hall–Kier alpha value is -3.48. The number of nitrogens with two attached hydrogens (primary N) is 2. The Morgan fingerprint density at radius 3 is 2.26 bits per heavy atom. The molecule has 0 saturated heterocycles. The molecule has 0 radical (unpaired) electrons. The Morgan fingerprint density at radius 2 is 1.77 bits per heavy atom. The number of primary amides is 1. The highest BCUT2D eigenvalue weighted by atomic mass is 16.4. The van der Waals surface area contributed by atoms with Gasteiger partial charge in [0.15, 0.2) is 0 Å². The average molecular weight is 439 g/mol. The Balaban J connectivity index is 3.01. The lowest BCUT2D eigenvalue weighted by molar-refractivity contribution is -0.144. The fourth-order valence-electron chi connectivity index (χ4n) is 2.70. The minimum Gasteiger partial charge on any atom is -0.480 e. The lowest BCUT2D eigenvalue weighted by atomic mass is 9.98. The second kappa shape index (κ2) is 12.3. The van der Waals surface area contributed by atoms with Crippen molar-refractivity contribution in [1.29, 1.82) is 0 Å². The average Bonchev–Trinajstić information content (AvgIpc) is 3.22. The third-order valence-corrected chi connectivity index (χ3v) is 4.63. The van der Waals surface area contributed by atoms with Gasteiger partial charge in [-0.2, -0.15) is 0 Å². The van der Waals surface area contributed by atoms with Crippen molar-refractivity contribution in [3.05, 3.63) is 18.2 Å². The van der Waals surface area contributed by atoms with Gasteiger partial charge >= 0.3 is 5.97 Å². The molecule has 13 nitrogen and oxygen atoms in total. The zero-order valence-corrected chi connectivity index (χ0v) is 17.4. The number of carbonyl (C=O) groups excluding carboxylic acids is 4. The molecule has 0 aromatic carbocycles. The van der Waals surface area contributed by atoms with Crippen molar-refractivity contribution < 1.29 is 29.1 Å². The van der Waals surface area contributed by atoms with E-state index < -0.39 is 60.1 Å². The van der Waals surface area contributed by atoms with Crippen molar-refractivity contribution in [2.24, 2.45) is 17.4 Å². The topological polar surface area (TPSA) is 222 Å². The number of aromatic amines is 1. The second-order valence-electron chi connectivity index (χ2n) is 7.05. The molecule has 0 bridgehead atoms. The summed E-state index contributed by atoms with van der Waals surface area (Å²) in [7, 11) is 0. The summed E-state index contributed by atoms with van der Waals surface area (Å²) in [4.78, 5) is 66.7. The van der Waals surface area contributed by atoms with Gasteiger partial charge in [-0.3, -0.25) is 19.2 Å². The van der Waals surface area contributed by atoms with Crippen LogP contribution in [0.15, 0.2) is 12.5 Å². The van der Waals surface area contributed by atoms with Gasteiger partial charge in [0.05, 0.1) is 19.3 Å². The van der Waals surface area contributed by atoms with Crippen LogP contribution in [0.4, 0.5) is 0 Å². The fraction of sp³-hybridized carbons (Fsp3) is 0.556. The smallest absolute Gasteiger partial charge is 0.326 e. The number of carboxylic acid groups (broad SMARTS) is 1. The molecule has 4 amide bonds. The quantitative estimate of drug-likeness (QED) is 0.172. The molecular weight excluding hydrogens is 410 g/mol. The summed E-state index contributed by atoms with van der Waals surface area (Å²) in [5, 5.41) is 16.5. The van der Waals surface area contributed by atoms with Gasteiger partial charge in [-0.1, -0.05) is 20.3 Å². The predicted octanol–water partition coefficient (Wildman–Crippen LogP) is -2.63. The number of hydrogen-bond donors (Lipinski definition) is 7. The lowest BCUT2D eigenvalue weighted by Gasteiger charge is -2.25. The van der Waals surface area contributed by atoms with E-state index in [1.54, 1.807) is 13.8 Å². The molecule has 31 heavy (non-hydrogen) atoms. The highest BCUT2D eigenvalue weighted by molar-refractivity contribution is 5.95. The molecule has 0 fully saturated rings. The summed E-state index contributed by atoms with van der Waals surface area (Å²) >= 11 is 0. The van der Waals surface area contributed by atoms with Crippen LogP contribution in [0.5, 0.6) is 0 Å². The third kappa shape index (κ3) is 8.42. The minimum absolute atomic E-state index is 0.00705. The Bertz CT molecular complexity index is 782. The molecule has 1 aromatic rings. The third-order valence-electron chi connectivity index (χ3n) is 4.63. The Kier molecular flexibility index (Phi) is 10.1. The summed E-state index contributed by atoms with van der Waals surface area (Å²) in [6.45, 7) is 3.03. The van der Waals surface area contributed by atoms with Crippen LogP contribution in [0.25, 0.3) is 0 Å². The molecule has 13 heteroatoms. The molecule has 0 spiro atoms. The molecule has 172 valence electrons. The van der Waals surface area contributed by atoms with Crippen LogP contribution >= 0.6 is 0 Å². The monoisotopic (exact) mass is 439 g/mol. The Morgan fingerprint density at radius 1 is 1.13 bits per heavy atom. The van der Waals surface area contributed by atoms with E-state index >= 15 is 0 Å². The van der Waals surface area contributed by atoms with Gasteiger partial charge in [-0.15, -0.1) is 0 Å². The summed E-state index contributed by atoms with van der Waals surface area (Å²) in [5.74, 6) is -4.81. The van der Waals surface area contributed by atoms with Crippen LogP contribution in [0.2, 0.25) is 0 Å². The van der Waals surface area contributed by atoms with Gasteiger partial charge in [0, 0.05) is 18.3 Å². The number of aromatic nitrogens is 2. The van der Waals surface area contributed by atoms with Crippen LogP contribution in [0, 0.1) is 5.92 Å². The first-order valence-electron chi connectivity index (χ1n) is 9.67. The number of carboxylic acids is 1. The Labute approximate surface area is 178 Å². The van der Waals surface area contributed by atoms with Gasteiger partial charge in [-0.25, -0.2) is 9.78 Å². The van der Waals surface area contributed by atoms with Gasteiger partial charge in [0.25, 0.3) is 0 Å². The number of rotatable bonds is 13. The number of nitrogens with one attached hydrogen (secondary N) is 4. The highest BCUT2D eigenvalue weighted by Crippen LogP contribution is 2.09. The fourth-order valence-corrected chi connectivity index (χ4v) is 2.70. The lowest BCUT2D eigenvalue weighted by Crippen LogP contribution is -2.58. The summed E-state index contributed by atoms with van der Waals surface area (Å²) in [6, 6.07) is -3.79.